The van der Waals surface area contributed by atoms with Crippen molar-refractivity contribution in [3.63, 3.8) is 0 Å². The van der Waals surface area contributed by atoms with Crippen LogP contribution in [0.3, 0.4) is 0 Å². The summed E-state index contributed by atoms with van der Waals surface area (Å²) in [6.45, 7) is 1.46. The molecular formula is C15H12ClN5OS. The molecule has 8 heteroatoms. The minimum absolute atomic E-state index is 0.129. The van der Waals surface area contributed by atoms with E-state index >= 15 is 0 Å². The number of hydrogen-bond acceptors (Lipinski definition) is 6. The summed E-state index contributed by atoms with van der Waals surface area (Å²) >= 11 is 7.26. The molecule has 0 aliphatic rings. The van der Waals surface area contributed by atoms with Gasteiger partial charge in [0.15, 0.2) is 5.13 Å². The average molecular weight is 346 g/mol. The Balaban J connectivity index is 1.73. The van der Waals surface area contributed by atoms with Crippen LogP contribution in [0.5, 0.6) is 0 Å². The number of halogens is 1. The van der Waals surface area contributed by atoms with E-state index in [1.54, 1.807) is 30.6 Å². The molecule has 3 rings (SSSR count). The molecule has 1 amide bonds. The summed E-state index contributed by atoms with van der Waals surface area (Å²) in [5.74, 6) is 0.541. The Morgan fingerprint density at radius 2 is 2.00 bits per heavy atom. The Kier molecular flexibility index (Phi) is 4.50. The van der Waals surface area contributed by atoms with Gasteiger partial charge in [-0.3, -0.25) is 9.78 Å². The molecule has 0 spiro atoms. The number of amides is 1. The van der Waals surface area contributed by atoms with Crippen molar-refractivity contribution in [3.8, 4) is 11.4 Å². The highest BCUT2D eigenvalue weighted by atomic mass is 35.5. The van der Waals surface area contributed by atoms with Crippen LogP contribution in [0, 0.1) is 0 Å². The normalized spacial score (nSPS) is 10.3. The average Bonchev–Trinajstić information content (AvgIpc) is 2.98. The van der Waals surface area contributed by atoms with Crippen LogP contribution in [0.25, 0.3) is 11.4 Å². The van der Waals surface area contributed by atoms with Crippen LogP contribution < -0.4 is 10.6 Å². The van der Waals surface area contributed by atoms with Gasteiger partial charge in [-0.1, -0.05) is 11.6 Å². The standard InChI is InChI=1S/C15H12ClN5OS/c1-9(22)19-11-3-4-12(17-7-11)13-8-23-15(20-13)21-14-5-2-10(16)6-18-14/h2-8H,1H3,(H,19,22)(H,18,20,21). The summed E-state index contributed by atoms with van der Waals surface area (Å²) in [5.41, 5.74) is 2.13. The summed E-state index contributed by atoms with van der Waals surface area (Å²) in [6, 6.07) is 7.14. The molecule has 3 aromatic rings. The van der Waals surface area contributed by atoms with Crippen molar-refractivity contribution in [3.05, 3.63) is 47.1 Å². The minimum atomic E-state index is -0.129. The van der Waals surface area contributed by atoms with Gasteiger partial charge in [0.1, 0.15) is 11.5 Å². The SMILES string of the molecule is CC(=O)Nc1ccc(-c2csc(Nc3ccc(Cl)cn3)n2)nc1. The molecule has 0 saturated carbocycles. The molecule has 0 aliphatic heterocycles. The lowest BCUT2D eigenvalue weighted by Crippen LogP contribution is -2.05. The minimum Gasteiger partial charge on any atom is -0.325 e. The molecule has 0 aliphatic carbocycles. The first-order valence-corrected chi connectivity index (χ1v) is 7.94. The highest BCUT2D eigenvalue weighted by Crippen LogP contribution is 2.26. The number of carbonyl (C=O) groups is 1. The van der Waals surface area contributed by atoms with Gasteiger partial charge < -0.3 is 10.6 Å². The number of anilines is 3. The van der Waals surface area contributed by atoms with Crippen LogP contribution in [0.15, 0.2) is 42.0 Å². The maximum atomic E-state index is 11.0. The van der Waals surface area contributed by atoms with Gasteiger partial charge in [-0.25, -0.2) is 9.97 Å². The van der Waals surface area contributed by atoms with Gasteiger partial charge in [0, 0.05) is 18.5 Å². The first kappa shape index (κ1) is 15.4. The monoisotopic (exact) mass is 345 g/mol. The largest absolute Gasteiger partial charge is 0.325 e. The topological polar surface area (TPSA) is 79.8 Å². The second kappa shape index (κ2) is 6.72. The van der Waals surface area contributed by atoms with E-state index < -0.39 is 0 Å². The quantitative estimate of drug-likeness (QED) is 0.748. The van der Waals surface area contributed by atoms with Gasteiger partial charge in [-0.05, 0) is 24.3 Å². The van der Waals surface area contributed by atoms with Gasteiger partial charge in [0.2, 0.25) is 5.91 Å². The molecule has 0 atom stereocenters. The molecule has 3 aromatic heterocycles. The lowest BCUT2D eigenvalue weighted by molar-refractivity contribution is -0.114. The number of rotatable bonds is 4. The van der Waals surface area contributed by atoms with Crippen LogP contribution >= 0.6 is 22.9 Å². The van der Waals surface area contributed by atoms with E-state index in [-0.39, 0.29) is 5.91 Å². The Hall–Kier alpha value is -2.51. The molecule has 0 fully saturated rings. The molecule has 2 N–H and O–H groups in total. The Labute approximate surface area is 141 Å². The second-order valence-corrected chi connectivity index (χ2v) is 5.93. The van der Waals surface area contributed by atoms with E-state index in [4.69, 9.17) is 11.6 Å². The lowest BCUT2D eigenvalue weighted by atomic mass is 10.3. The zero-order valence-corrected chi connectivity index (χ0v) is 13.6. The summed E-state index contributed by atoms with van der Waals surface area (Å²) in [4.78, 5) is 23.9. The molecule has 0 bridgehead atoms. The van der Waals surface area contributed by atoms with E-state index in [0.717, 1.165) is 11.4 Å². The highest BCUT2D eigenvalue weighted by molar-refractivity contribution is 7.14. The van der Waals surface area contributed by atoms with Gasteiger partial charge in [0.25, 0.3) is 0 Å². The van der Waals surface area contributed by atoms with Crippen molar-refractivity contribution in [2.75, 3.05) is 10.6 Å². The number of nitrogens with one attached hydrogen (secondary N) is 2. The number of carbonyl (C=O) groups excluding carboxylic acids is 1. The first-order chi connectivity index (χ1) is 11.1. The van der Waals surface area contributed by atoms with Crippen molar-refractivity contribution >= 4 is 45.5 Å². The zero-order valence-electron chi connectivity index (χ0n) is 12.1. The van der Waals surface area contributed by atoms with Crippen molar-refractivity contribution in [2.24, 2.45) is 0 Å². The van der Waals surface area contributed by atoms with Gasteiger partial charge in [-0.2, -0.15) is 0 Å². The molecule has 3 heterocycles. The van der Waals surface area contributed by atoms with Crippen LogP contribution in [0.1, 0.15) is 6.92 Å². The van der Waals surface area contributed by atoms with Crippen LogP contribution in [-0.4, -0.2) is 20.9 Å². The zero-order chi connectivity index (χ0) is 16.2. The van der Waals surface area contributed by atoms with E-state index in [9.17, 15) is 4.79 Å². The van der Waals surface area contributed by atoms with Crippen LogP contribution in [0.2, 0.25) is 5.02 Å². The fraction of sp³-hybridized carbons (Fsp3) is 0.0667. The third-order valence-electron chi connectivity index (χ3n) is 2.81. The van der Waals surface area contributed by atoms with E-state index in [2.05, 4.69) is 25.6 Å². The van der Waals surface area contributed by atoms with Gasteiger partial charge in [-0.15, -0.1) is 11.3 Å². The molecular weight excluding hydrogens is 334 g/mol. The van der Waals surface area contributed by atoms with E-state index in [1.165, 1.54) is 18.3 Å². The second-order valence-electron chi connectivity index (χ2n) is 4.64. The maximum absolute atomic E-state index is 11.0. The molecule has 116 valence electrons. The molecule has 23 heavy (non-hydrogen) atoms. The van der Waals surface area contributed by atoms with Crippen molar-refractivity contribution in [2.45, 2.75) is 6.92 Å². The van der Waals surface area contributed by atoms with Crippen molar-refractivity contribution in [1.29, 1.82) is 0 Å². The molecule has 0 unspecified atom stereocenters. The van der Waals surface area contributed by atoms with Crippen molar-refractivity contribution in [1.82, 2.24) is 15.0 Å². The van der Waals surface area contributed by atoms with Crippen LogP contribution in [-0.2, 0) is 4.79 Å². The smallest absolute Gasteiger partial charge is 0.221 e. The summed E-state index contributed by atoms with van der Waals surface area (Å²) in [5, 5.41) is 8.98. The predicted octanol–water partition coefficient (Wildman–Crippen LogP) is 3.96. The first-order valence-electron chi connectivity index (χ1n) is 6.68. The van der Waals surface area contributed by atoms with E-state index in [0.29, 0.717) is 21.7 Å². The molecule has 0 saturated heterocycles. The number of pyridine rings is 2. The highest BCUT2D eigenvalue weighted by Gasteiger charge is 2.07. The van der Waals surface area contributed by atoms with Gasteiger partial charge in [0.05, 0.1) is 22.6 Å². The summed E-state index contributed by atoms with van der Waals surface area (Å²) < 4.78 is 0. The fourth-order valence-corrected chi connectivity index (χ4v) is 2.65. The van der Waals surface area contributed by atoms with Crippen molar-refractivity contribution < 1.29 is 4.79 Å². The van der Waals surface area contributed by atoms with E-state index in [1.807, 2.05) is 11.4 Å². The predicted molar refractivity (Wildman–Crippen MR) is 92.2 cm³/mol. The number of nitrogens with zero attached hydrogens (tertiary/aromatic N) is 3. The Morgan fingerprint density at radius 1 is 1.13 bits per heavy atom. The third-order valence-corrected chi connectivity index (χ3v) is 3.79. The number of thiazole rings is 1. The molecule has 0 aromatic carbocycles. The Bertz CT molecular complexity index is 817. The number of hydrogen-bond donors (Lipinski definition) is 2. The fourth-order valence-electron chi connectivity index (χ4n) is 1.83. The summed E-state index contributed by atoms with van der Waals surface area (Å²) in [7, 11) is 0. The lowest BCUT2D eigenvalue weighted by Gasteiger charge is -2.02. The summed E-state index contributed by atoms with van der Waals surface area (Å²) in [6.07, 6.45) is 3.17. The number of aromatic nitrogens is 3. The van der Waals surface area contributed by atoms with Crippen LogP contribution in [0.4, 0.5) is 16.6 Å². The molecule has 0 radical (unpaired) electrons. The Morgan fingerprint density at radius 3 is 2.65 bits per heavy atom. The van der Waals surface area contributed by atoms with Gasteiger partial charge >= 0.3 is 0 Å². The third kappa shape index (κ3) is 4.02. The molecule has 6 nitrogen and oxygen atoms in total. The maximum Gasteiger partial charge on any atom is 0.221 e.